The summed E-state index contributed by atoms with van der Waals surface area (Å²) >= 11 is 0. The van der Waals surface area contributed by atoms with E-state index in [0.717, 1.165) is 6.20 Å². The molecule has 0 spiro atoms. The van der Waals surface area contributed by atoms with E-state index in [0.29, 0.717) is 0 Å². The minimum Gasteiger partial charge on any atom is -0.478 e. The molecule has 100 valence electrons. The van der Waals surface area contributed by atoms with Crippen LogP contribution >= 0.6 is 0 Å². The van der Waals surface area contributed by atoms with Gasteiger partial charge in [0.15, 0.2) is 0 Å². The van der Waals surface area contributed by atoms with Crippen LogP contribution in [0.1, 0.15) is 10.4 Å². The maximum absolute atomic E-state index is 12.0. The van der Waals surface area contributed by atoms with Crippen LogP contribution in [0.25, 0.3) is 0 Å². The molecule has 0 fully saturated rings. The van der Waals surface area contributed by atoms with E-state index in [1.807, 2.05) is 0 Å². The number of carboxylic acid groups (broad SMARTS) is 1. The highest BCUT2D eigenvalue weighted by Crippen LogP contribution is 2.18. The third-order valence-corrected chi connectivity index (χ3v) is 3.61. The first kappa shape index (κ1) is 13.0. The molecule has 0 saturated heterocycles. The van der Waals surface area contributed by atoms with Crippen molar-refractivity contribution >= 4 is 21.7 Å². The normalized spacial score (nSPS) is 11.2. The van der Waals surface area contributed by atoms with Gasteiger partial charge in [0.1, 0.15) is 4.90 Å². The number of nitrogens with one attached hydrogen (secondary N) is 1. The summed E-state index contributed by atoms with van der Waals surface area (Å²) < 4.78 is 27.5. The Morgan fingerprint density at radius 3 is 2.74 bits per heavy atom. The first-order valence-corrected chi connectivity index (χ1v) is 6.57. The zero-order valence-electron chi connectivity index (χ0n) is 9.81. The number of rotatable bonds is 4. The van der Waals surface area contributed by atoms with E-state index in [2.05, 4.69) is 14.8 Å². The van der Waals surface area contributed by atoms with Crippen LogP contribution < -0.4 is 4.72 Å². The van der Waals surface area contributed by atoms with Crippen LogP contribution in [-0.2, 0) is 17.1 Å². The molecule has 0 amide bonds. The first-order valence-electron chi connectivity index (χ1n) is 5.09. The molecule has 0 aromatic carbocycles. The second-order valence-electron chi connectivity index (χ2n) is 3.68. The van der Waals surface area contributed by atoms with Gasteiger partial charge < -0.3 is 5.11 Å². The molecule has 2 heterocycles. The number of aromatic carboxylic acids is 1. The summed E-state index contributed by atoms with van der Waals surface area (Å²) in [4.78, 5) is 14.6. The molecule has 0 aliphatic heterocycles. The molecule has 0 saturated carbocycles. The Balaban J connectivity index is 2.39. The maximum atomic E-state index is 12.0. The summed E-state index contributed by atoms with van der Waals surface area (Å²) in [7, 11) is -2.31. The van der Waals surface area contributed by atoms with Gasteiger partial charge in [-0.3, -0.25) is 14.4 Å². The van der Waals surface area contributed by atoms with E-state index in [1.165, 1.54) is 29.3 Å². The average molecular weight is 282 g/mol. The Labute approximate surface area is 108 Å². The molecule has 19 heavy (non-hydrogen) atoms. The summed E-state index contributed by atoms with van der Waals surface area (Å²) in [6.07, 6.45) is 4.88. The summed E-state index contributed by atoms with van der Waals surface area (Å²) in [5.74, 6) is -1.24. The van der Waals surface area contributed by atoms with Crippen molar-refractivity contribution in [1.29, 1.82) is 0 Å². The molecule has 0 radical (unpaired) electrons. The summed E-state index contributed by atoms with van der Waals surface area (Å²) in [5.41, 5.74) is -0.277. The Morgan fingerprint density at radius 1 is 1.42 bits per heavy atom. The number of aryl methyl sites for hydroxylation is 1. The third kappa shape index (κ3) is 2.71. The molecule has 0 aliphatic rings. The van der Waals surface area contributed by atoms with Crippen LogP contribution in [0.5, 0.6) is 0 Å². The van der Waals surface area contributed by atoms with Crippen molar-refractivity contribution in [3.63, 3.8) is 0 Å². The lowest BCUT2D eigenvalue weighted by Gasteiger charge is -2.08. The molecule has 2 aromatic rings. The number of carboxylic acids is 1. The molecule has 2 rings (SSSR count). The Kier molecular flexibility index (Phi) is 3.21. The molecule has 0 unspecified atom stereocenters. The third-order valence-electron chi connectivity index (χ3n) is 2.29. The van der Waals surface area contributed by atoms with Gasteiger partial charge in [0.25, 0.3) is 10.0 Å². The zero-order chi connectivity index (χ0) is 14.0. The molecule has 2 N–H and O–H groups in total. The number of hydrogen-bond donors (Lipinski definition) is 2. The fourth-order valence-electron chi connectivity index (χ4n) is 1.40. The predicted octanol–water partition coefficient (Wildman–Crippen LogP) is 0.314. The van der Waals surface area contributed by atoms with Crippen molar-refractivity contribution in [1.82, 2.24) is 14.8 Å². The molecule has 9 heteroatoms. The topological polar surface area (TPSA) is 114 Å². The fourth-order valence-corrected chi connectivity index (χ4v) is 2.45. The van der Waals surface area contributed by atoms with Gasteiger partial charge in [-0.25, -0.2) is 13.2 Å². The van der Waals surface area contributed by atoms with Crippen LogP contribution in [0.4, 0.5) is 5.69 Å². The Morgan fingerprint density at radius 2 is 2.16 bits per heavy atom. The monoisotopic (exact) mass is 282 g/mol. The number of pyridine rings is 1. The van der Waals surface area contributed by atoms with Crippen molar-refractivity contribution in [3.8, 4) is 0 Å². The SMILES string of the molecule is Cn1cc(S(=O)(=O)Nc2cnccc2C(=O)O)cn1. The van der Waals surface area contributed by atoms with Crippen LogP contribution in [-0.4, -0.2) is 34.3 Å². The summed E-state index contributed by atoms with van der Waals surface area (Å²) in [5, 5.41) is 12.7. The standard InChI is InChI=1S/C10H10N4O4S/c1-14-6-7(4-12-14)19(17,18)13-9-5-11-3-2-8(9)10(15)16/h2-6,13H,1H3,(H,15,16). The predicted molar refractivity (Wildman–Crippen MR) is 65.2 cm³/mol. The summed E-state index contributed by atoms with van der Waals surface area (Å²) in [6, 6.07) is 1.21. The second kappa shape index (κ2) is 4.69. The molecule has 0 bridgehead atoms. The fraction of sp³-hybridized carbons (Fsp3) is 0.100. The van der Waals surface area contributed by atoms with Crippen molar-refractivity contribution in [2.45, 2.75) is 4.90 Å². The number of hydrogen-bond acceptors (Lipinski definition) is 5. The molecule has 2 aromatic heterocycles. The highest BCUT2D eigenvalue weighted by Gasteiger charge is 2.19. The maximum Gasteiger partial charge on any atom is 0.337 e. The van der Waals surface area contributed by atoms with Gasteiger partial charge in [-0.15, -0.1) is 0 Å². The van der Waals surface area contributed by atoms with Gasteiger partial charge in [0.2, 0.25) is 0 Å². The van der Waals surface area contributed by atoms with Crippen LogP contribution in [0.3, 0.4) is 0 Å². The van der Waals surface area contributed by atoms with Gasteiger partial charge in [-0.2, -0.15) is 5.10 Å². The number of carbonyl (C=O) groups is 1. The van der Waals surface area contributed by atoms with Crippen LogP contribution in [0.15, 0.2) is 35.7 Å². The smallest absolute Gasteiger partial charge is 0.337 e. The van der Waals surface area contributed by atoms with Gasteiger partial charge in [0, 0.05) is 19.4 Å². The lowest BCUT2D eigenvalue weighted by Crippen LogP contribution is -2.15. The van der Waals surface area contributed by atoms with Crippen LogP contribution in [0, 0.1) is 0 Å². The van der Waals surface area contributed by atoms with E-state index in [9.17, 15) is 13.2 Å². The van der Waals surface area contributed by atoms with Gasteiger partial charge in [0.05, 0.1) is 23.6 Å². The van der Waals surface area contributed by atoms with E-state index < -0.39 is 16.0 Å². The van der Waals surface area contributed by atoms with Crippen molar-refractivity contribution in [3.05, 3.63) is 36.4 Å². The largest absolute Gasteiger partial charge is 0.478 e. The number of aromatic nitrogens is 3. The Bertz CT molecular complexity index is 723. The van der Waals surface area contributed by atoms with Gasteiger partial charge >= 0.3 is 5.97 Å². The van der Waals surface area contributed by atoms with E-state index >= 15 is 0 Å². The molecule has 0 aliphatic carbocycles. The van der Waals surface area contributed by atoms with Crippen LogP contribution in [0.2, 0.25) is 0 Å². The van der Waals surface area contributed by atoms with Crippen molar-refractivity contribution < 1.29 is 18.3 Å². The molecule has 0 atom stereocenters. The van der Waals surface area contributed by atoms with Crippen molar-refractivity contribution in [2.24, 2.45) is 7.05 Å². The molecular weight excluding hydrogens is 272 g/mol. The molecular formula is C10H10N4O4S. The summed E-state index contributed by atoms with van der Waals surface area (Å²) in [6.45, 7) is 0. The first-order chi connectivity index (χ1) is 8.90. The van der Waals surface area contributed by atoms with E-state index in [1.54, 1.807) is 7.05 Å². The highest BCUT2D eigenvalue weighted by atomic mass is 32.2. The second-order valence-corrected chi connectivity index (χ2v) is 5.36. The van der Waals surface area contributed by atoms with Gasteiger partial charge in [-0.05, 0) is 6.07 Å². The minimum atomic E-state index is -3.89. The zero-order valence-corrected chi connectivity index (χ0v) is 10.6. The lowest BCUT2D eigenvalue weighted by atomic mass is 10.2. The average Bonchev–Trinajstić information content (AvgIpc) is 2.76. The minimum absolute atomic E-state index is 0.0600. The van der Waals surface area contributed by atoms with E-state index in [4.69, 9.17) is 5.11 Å². The number of sulfonamides is 1. The highest BCUT2D eigenvalue weighted by molar-refractivity contribution is 7.92. The number of nitrogens with zero attached hydrogens (tertiary/aromatic N) is 3. The number of anilines is 1. The van der Waals surface area contributed by atoms with Gasteiger partial charge in [-0.1, -0.05) is 0 Å². The van der Waals surface area contributed by atoms with Crippen molar-refractivity contribution in [2.75, 3.05) is 4.72 Å². The quantitative estimate of drug-likeness (QED) is 0.834. The van der Waals surface area contributed by atoms with E-state index in [-0.39, 0.29) is 16.1 Å². The Hall–Kier alpha value is -2.42. The molecule has 8 nitrogen and oxygen atoms in total. The lowest BCUT2D eigenvalue weighted by molar-refractivity contribution is 0.0698.